The summed E-state index contributed by atoms with van der Waals surface area (Å²) >= 11 is 0. The first-order valence-corrected chi connectivity index (χ1v) is 35.5. The van der Waals surface area contributed by atoms with Crippen LogP contribution in [0.1, 0.15) is 190 Å². The zero-order chi connectivity index (χ0) is 65.3. The van der Waals surface area contributed by atoms with Gasteiger partial charge < -0.3 is 49.0 Å². The first kappa shape index (κ1) is 80.2. The monoisotopic (exact) mass is 1310 g/mol. The molecule has 0 atom stereocenters. The molecule has 6 fully saturated rings. The van der Waals surface area contributed by atoms with E-state index in [0.29, 0.717) is 18.0 Å². The van der Waals surface area contributed by atoms with Crippen LogP contribution >= 0.6 is 0 Å². The Morgan fingerprint density at radius 3 is 0.924 bits per heavy atom. The third-order valence-corrected chi connectivity index (χ3v) is 21.6. The van der Waals surface area contributed by atoms with Crippen molar-refractivity contribution in [2.75, 3.05) is 96.6 Å². The van der Waals surface area contributed by atoms with E-state index in [4.69, 9.17) is 14.4 Å². The average molecular weight is 1310 g/mol. The molecular formula is C78H121Ar2B2N5O5. The minimum absolute atomic E-state index is 0. The smallest absolute Gasteiger partial charge is 0.423 e. The normalized spacial score (nSPS) is 18.8. The minimum atomic E-state index is -1.38. The number of aliphatic hydroxyl groups is 1. The molecule has 0 spiro atoms. The molecule has 5 aromatic rings. The van der Waals surface area contributed by atoms with E-state index in [2.05, 4.69) is 207 Å². The molecule has 0 bridgehead atoms. The predicted molar refractivity (Wildman–Crippen MR) is 389 cm³/mol. The Morgan fingerprint density at radius 1 is 0.380 bits per heavy atom. The van der Waals surface area contributed by atoms with Gasteiger partial charge in [0.2, 0.25) is 0 Å². The molecule has 0 radical (unpaired) electrons. The molecule has 6 aliphatic rings. The Morgan fingerprint density at radius 2 is 0.630 bits per heavy atom. The second-order valence-corrected chi connectivity index (χ2v) is 28.9. The van der Waals surface area contributed by atoms with Gasteiger partial charge in [0.25, 0.3) is 0 Å². The number of hydrogen-bond donors (Lipinski definition) is 3. The summed E-state index contributed by atoms with van der Waals surface area (Å²) in [5.74, 6) is 4.14. The van der Waals surface area contributed by atoms with Crippen LogP contribution < -0.4 is 35.4 Å². The summed E-state index contributed by atoms with van der Waals surface area (Å²) in [5.41, 5.74) is 18.5. The summed E-state index contributed by atoms with van der Waals surface area (Å²) in [6, 6.07) is 32.7. The fourth-order valence-corrected chi connectivity index (χ4v) is 14.1. The van der Waals surface area contributed by atoms with Gasteiger partial charge in [0.05, 0.1) is 11.2 Å². The fraction of sp³-hybridized carbons (Fsp3) is 0.615. The molecule has 92 heavy (non-hydrogen) atoms. The van der Waals surface area contributed by atoms with Gasteiger partial charge in [-0.15, -0.1) is 0 Å². The second kappa shape index (κ2) is 38.6. The summed E-state index contributed by atoms with van der Waals surface area (Å²) in [5, 5.41) is 28.0. The van der Waals surface area contributed by atoms with Gasteiger partial charge in [-0.05, 0) is 252 Å². The largest absolute Gasteiger partial charge is 0.496 e. The second-order valence-electron chi connectivity index (χ2n) is 28.9. The molecule has 0 aliphatic carbocycles. The molecule has 6 saturated heterocycles. The van der Waals surface area contributed by atoms with Crippen LogP contribution in [0.3, 0.4) is 0 Å². The number of benzene rings is 5. The number of rotatable bonds is 12. The van der Waals surface area contributed by atoms with Gasteiger partial charge in [0, 0.05) is 187 Å². The Bertz CT molecular complexity index is 2790. The third kappa shape index (κ3) is 22.8. The molecule has 10 nitrogen and oxygen atoms in total. The predicted octanol–water partition coefficient (Wildman–Crippen LogP) is 15.6. The van der Waals surface area contributed by atoms with Crippen LogP contribution in [0.25, 0.3) is 0 Å². The van der Waals surface area contributed by atoms with Gasteiger partial charge in [-0.1, -0.05) is 114 Å². The number of piperidine rings is 5. The third-order valence-electron chi connectivity index (χ3n) is 21.6. The Kier molecular flexibility index (Phi) is 33.7. The van der Waals surface area contributed by atoms with Crippen molar-refractivity contribution in [1.29, 1.82) is 0 Å². The number of aryl methyl sites for hydroxylation is 8. The summed E-state index contributed by atoms with van der Waals surface area (Å²) in [7, 11) is -1.67. The van der Waals surface area contributed by atoms with Gasteiger partial charge in [-0.3, -0.25) is 0 Å². The molecule has 5 aromatic carbocycles. The molecule has 14 heteroatoms. The van der Waals surface area contributed by atoms with Crippen LogP contribution in [0.4, 0.5) is 28.4 Å². The van der Waals surface area contributed by atoms with Gasteiger partial charge in [0.15, 0.2) is 0 Å². The van der Waals surface area contributed by atoms with E-state index in [-0.39, 0.29) is 93.8 Å². The molecule has 510 valence electrons. The first-order chi connectivity index (χ1) is 43.0. The van der Waals surface area contributed by atoms with E-state index in [1.807, 2.05) is 19.1 Å². The van der Waals surface area contributed by atoms with E-state index in [1.54, 1.807) is 0 Å². The van der Waals surface area contributed by atoms with Crippen LogP contribution in [0.2, 0.25) is 0 Å². The van der Waals surface area contributed by atoms with Gasteiger partial charge in [-0.2, -0.15) is 0 Å². The molecular weight excluding hydrogens is 1190 g/mol. The van der Waals surface area contributed by atoms with Crippen molar-refractivity contribution < 1.29 is 99.9 Å². The Hall–Kier alpha value is -2.45. The maximum Gasteiger partial charge on any atom is 0.496 e. The standard InChI is InChI=1S/C20H32BNO2.2C15H23N.C14H22BNO2.C14H21NO.2Ar/c1-7-16-10-12-22(13-11-16)18-14-15(2)8-9-17(18)21-23-19(3,4)20(5,6)24-21;2*1-4-14-7-9-16(10-8-14)15-11-12(2)5-6-13(15)3;1-3-12-6-8-16(9-7-12)14-10-11(2)4-5-13(14)15(17)18;1-11-3-4-12(2)14(9-11)15-7-5-13(10-16)6-8-15;;/h8-9,14,16H,7,10-13H2,1-6H3;2*5-6,11,14H,4,7-10H2,1-3H3;4-5,10,12,17-18H,3,6-9H2,1-2H3;3-4,9,13,16H,5-8,10H2,1-2H3;;. The molecule has 0 aromatic heterocycles. The van der Waals surface area contributed by atoms with Crippen molar-refractivity contribution in [3.8, 4) is 0 Å². The van der Waals surface area contributed by atoms with Gasteiger partial charge in [-0.25, -0.2) is 0 Å². The van der Waals surface area contributed by atoms with Crippen molar-refractivity contribution in [1.82, 2.24) is 0 Å². The molecule has 6 heterocycles. The van der Waals surface area contributed by atoms with E-state index in [0.717, 1.165) is 87.0 Å². The average Bonchev–Trinajstić information content (AvgIpc) is 1.62. The van der Waals surface area contributed by atoms with Crippen molar-refractivity contribution in [2.45, 2.75) is 212 Å². The van der Waals surface area contributed by atoms with Crippen LogP contribution in [0.5, 0.6) is 0 Å². The van der Waals surface area contributed by atoms with Crippen LogP contribution in [0.15, 0.2) is 91.0 Å². The Labute approximate surface area is 621 Å². The molecule has 0 saturated carbocycles. The zero-order valence-corrected chi connectivity index (χ0v) is 61.4. The van der Waals surface area contributed by atoms with Crippen molar-refractivity contribution >= 4 is 53.6 Å². The number of hydrogen-bond acceptors (Lipinski definition) is 10. The molecule has 6 aliphatic heterocycles. The van der Waals surface area contributed by atoms with Crippen LogP contribution in [-0.2, 0) is 9.31 Å². The van der Waals surface area contributed by atoms with Gasteiger partial charge >= 0.3 is 14.2 Å². The molecule has 3 N–H and O–H groups in total. The van der Waals surface area contributed by atoms with Crippen molar-refractivity contribution in [3.05, 3.63) is 136 Å². The molecule has 0 unspecified atom stereocenters. The summed E-state index contributed by atoms with van der Waals surface area (Å²) in [6.07, 6.45) is 17.9. The van der Waals surface area contributed by atoms with Crippen LogP contribution in [0, 0.1) is 160 Å². The van der Waals surface area contributed by atoms with E-state index >= 15 is 0 Å². The summed E-state index contributed by atoms with van der Waals surface area (Å²) in [6.45, 7) is 46.8. The Balaban J connectivity index is 0.000000210. The SMILES string of the molecule is CCC1CCN(c2cc(C)ccc2B(O)O)CC1.CCC1CCN(c2cc(C)ccc2B2OC(C)(C)C(C)(C)O2)CC1.CCC1CCN(c2cc(C)ccc2C)CC1.CCC1CCN(c2cc(C)ccc2C)CC1.Cc1ccc(C)c(N2CCC(CO)CC2)c1.[Ar].[Ar]. The quantitative estimate of drug-likeness (QED) is 0.105. The topological polar surface area (TPSA) is 95.3 Å². The summed E-state index contributed by atoms with van der Waals surface area (Å²) in [4.78, 5) is 12.4. The van der Waals surface area contributed by atoms with Gasteiger partial charge in [0.1, 0.15) is 0 Å². The van der Waals surface area contributed by atoms with E-state index < -0.39 is 7.12 Å². The number of aliphatic hydroxyl groups excluding tert-OH is 1. The first-order valence-electron chi connectivity index (χ1n) is 35.5. The van der Waals surface area contributed by atoms with E-state index in [1.165, 1.54) is 170 Å². The molecule has 11 rings (SSSR count). The maximum absolute atomic E-state index is 9.45. The number of anilines is 5. The molecule has 0 amide bonds. The fourth-order valence-electron chi connectivity index (χ4n) is 14.1. The number of nitrogens with zero attached hydrogens (tertiary/aromatic N) is 5. The minimum Gasteiger partial charge on any atom is -0.423 e. The summed E-state index contributed by atoms with van der Waals surface area (Å²) < 4.78 is 12.6. The van der Waals surface area contributed by atoms with Crippen LogP contribution in [-0.4, -0.2) is 113 Å². The van der Waals surface area contributed by atoms with Crippen molar-refractivity contribution in [3.63, 3.8) is 0 Å². The zero-order valence-electron chi connectivity index (χ0n) is 60.0. The van der Waals surface area contributed by atoms with Crippen molar-refractivity contribution in [2.24, 2.45) is 29.6 Å². The maximum atomic E-state index is 9.45. The van der Waals surface area contributed by atoms with E-state index in [9.17, 15) is 10.0 Å².